The predicted octanol–water partition coefficient (Wildman–Crippen LogP) is 5.93. The van der Waals surface area contributed by atoms with E-state index in [1.807, 2.05) is 43.3 Å². The number of benzene rings is 2. The third-order valence-electron chi connectivity index (χ3n) is 3.91. The molecule has 0 saturated heterocycles. The Hall–Kier alpha value is -0.130. The third-order valence-corrected chi connectivity index (χ3v) is 9.74. The van der Waals surface area contributed by atoms with E-state index in [0.29, 0.717) is 11.3 Å². The molecule has 1 unspecified atom stereocenters. The summed E-state index contributed by atoms with van der Waals surface area (Å²) in [5.41, 5.74) is 2.04. The summed E-state index contributed by atoms with van der Waals surface area (Å²) >= 11 is 7.81. The second-order valence-corrected chi connectivity index (χ2v) is 10.6. The number of aryl methyl sites for hydroxylation is 1. The van der Waals surface area contributed by atoms with Gasteiger partial charge in [0.1, 0.15) is 3.70 Å². The molecule has 0 amide bonds. The lowest BCUT2D eigenvalue weighted by molar-refractivity contribution is 0.431. The fourth-order valence-electron chi connectivity index (χ4n) is 2.63. The highest BCUT2D eigenvalue weighted by Crippen LogP contribution is 2.47. The number of halogens is 3. The maximum absolute atomic E-state index is 13.2. The first-order chi connectivity index (χ1) is 11.3. The topological polar surface area (TPSA) is 37.4 Å². The van der Waals surface area contributed by atoms with Crippen molar-refractivity contribution in [1.29, 1.82) is 0 Å². The Morgan fingerprint density at radius 1 is 1.04 bits per heavy atom. The summed E-state index contributed by atoms with van der Waals surface area (Å²) in [6.45, 7) is 1.95. The van der Waals surface area contributed by atoms with Gasteiger partial charge in [-0.2, -0.15) is 0 Å². The molecule has 2 aromatic rings. The van der Waals surface area contributed by atoms with Crippen molar-refractivity contribution in [1.82, 2.24) is 4.31 Å². The van der Waals surface area contributed by atoms with E-state index in [1.165, 1.54) is 0 Å². The van der Waals surface area contributed by atoms with Crippen molar-refractivity contribution in [2.75, 3.05) is 0 Å². The predicted molar refractivity (Wildman–Crippen MR) is 117 cm³/mol. The van der Waals surface area contributed by atoms with Crippen LogP contribution in [0.5, 0.6) is 0 Å². The van der Waals surface area contributed by atoms with E-state index in [2.05, 4.69) is 61.1 Å². The highest BCUT2D eigenvalue weighted by Gasteiger charge is 2.39. The summed E-state index contributed by atoms with van der Waals surface area (Å²) in [4.78, 5) is 0.329. The maximum Gasteiger partial charge on any atom is 0.265 e. The Labute approximate surface area is 178 Å². The average molecular weight is 630 g/mol. The van der Waals surface area contributed by atoms with Gasteiger partial charge in [-0.1, -0.05) is 45.8 Å². The molecule has 1 aliphatic heterocycles. The molecule has 0 N–H and O–H groups in total. The third kappa shape index (κ3) is 3.54. The molecule has 3 nitrogen and oxygen atoms in total. The molecule has 0 saturated carbocycles. The summed E-state index contributed by atoms with van der Waals surface area (Å²) < 4.78 is 30.8. The van der Waals surface area contributed by atoms with Crippen LogP contribution in [0.3, 0.4) is 0 Å². The van der Waals surface area contributed by atoms with Crippen LogP contribution in [0.1, 0.15) is 23.6 Å². The van der Waals surface area contributed by atoms with E-state index < -0.39 is 10.0 Å². The van der Waals surface area contributed by atoms with Gasteiger partial charge in [-0.3, -0.25) is 4.31 Å². The van der Waals surface area contributed by atoms with Gasteiger partial charge in [0.05, 0.1) is 10.9 Å². The van der Waals surface area contributed by atoms with Gasteiger partial charge in [-0.05, 0) is 81.9 Å². The van der Waals surface area contributed by atoms with Crippen LogP contribution in [-0.2, 0) is 10.0 Å². The smallest absolute Gasteiger partial charge is 0.252 e. The quantitative estimate of drug-likeness (QED) is 0.312. The van der Waals surface area contributed by atoms with Crippen LogP contribution in [0.15, 0.2) is 65.2 Å². The van der Waals surface area contributed by atoms with Crippen molar-refractivity contribution in [3.05, 3.63) is 71.4 Å². The van der Waals surface area contributed by atoms with Crippen LogP contribution < -0.4 is 0 Å². The summed E-state index contributed by atoms with van der Waals surface area (Å²) in [5.74, 6) is 0. The van der Waals surface area contributed by atoms with Crippen LogP contribution in [0, 0.1) is 6.92 Å². The second-order valence-electron chi connectivity index (χ2n) is 5.58. The van der Waals surface area contributed by atoms with E-state index in [-0.39, 0.29) is 6.04 Å². The Morgan fingerprint density at radius 3 is 2.21 bits per heavy atom. The van der Waals surface area contributed by atoms with Gasteiger partial charge < -0.3 is 0 Å². The Kier molecular flexibility index (Phi) is 5.63. The van der Waals surface area contributed by atoms with Crippen LogP contribution in [-0.4, -0.2) is 12.7 Å². The van der Waals surface area contributed by atoms with Gasteiger partial charge in [0, 0.05) is 14.5 Å². The van der Waals surface area contributed by atoms with Crippen molar-refractivity contribution in [2.45, 2.75) is 24.3 Å². The first-order valence-electron chi connectivity index (χ1n) is 7.21. The Bertz CT molecular complexity index is 893. The van der Waals surface area contributed by atoms with Gasteiger partial charge in [-0.15, -0.1) is 0 Å². The Morgan fingerprint density at radius 2 is 1.62 bits per heavy atom. The van der Waals surface area contributed by atoms with Crippen molar-refractivity contribution >= 4 is 71.1 Å². The molecule has 126 valence electrons. The highest BCUT2D eigenvalue weighted by molar-refractivity contribution is 14.1. The van der Waals surface area contributed by atoms with Crippen LogP contribution in [0.4, 0.5) is 0 Å². The molecule has 0 spiro atoms. The summed E-state index contributed by atoms with van der Waals surface area (Å²) in [6, 6.07) is 14.7. The zero-order valence-electron chi connectivity index (χ0n) is 12.7. The first kappa shape index (κ1) is 18.7. The molecule has 0 fully saturated rings. The largest absolute Gasteiger partial charge is 0.265 e. The molecule has 0 bridgehead atoms. The Balaban J connectivity index is 2.07. The number of hydrogen-bond acceptors (Lipinski definition) is 2. The SMILES string of the molecule is Cc1ccc(S(=O)(=O)N2C(I)=C(I)CC2c2ccc(Br)cc2)cc1. The molecular formula is C17H14BrI2NO2S. The van der Waals surface area contributed by atoms with Crippen molar-refractivity contribution < 1.29 is 8.42 Å². The fourth-order valence-corrected chi connectivity index (χ4v) is 6.63. The minimum Gasteiger partial charge on any atom is -0.252 e. The van der Waals surface area contributed by atoms with E-state index >= 15 is 0 Å². The van der Waals surface area contributed by atoms with Crippen LogP contribution >= 0.6 is 61.1 Å². The molecule has 0 radical (unpaired) electrons. The number of sulfonamides is 1. The molecule has 0 aromatic heterocycles. The summed E-state index contributed by atoms with van der Waals surface area (Å²) in [5, 5.41) is 0. The van der Waals surface area contributed by atoms with Crippen molar-refractivity contribution in [3.63, 3.8) is 0 Å². The zero-order chi connectivity index (χ0) is 17.5. The second kappa shape index (κ2) is 7.24. The number of nitrogens with zero attached hydrogens (tertiary/aromatic N) is 1. The fraction of sp³-hybridized carbons (Fsp3) is 0.176. The van der Waals surface area contributed by atoms with Crippen LogP contribution in [0.25, 0.3) is 0 Å². The van der Waals surface area contributed by atoms with Gasteiger partial charge >= 0.3 is 0 Å². The molecule has 1 aliphatic rings. The average Bonchev–Trinajstić information content (AvgIpc) is 2.84. The minimum absolute atomic E-state index is 0.205. The van der Waals surface area contributed by atoms with Crippen molar-refractivity contribution in [3.8, 4) is 0 Å². The molecule has 7 heteroatoms. The molecule has 3 rings (SSSR count). The number of hydrogen-bond donors (Lipinski definition) is 0. The molecule has 0 aliphatic carbocycles. The summed E-state index contributed by atoms with van der Waals surface area (Å²) in [7, 11) is -3.59. The van der Waals surface area contributed by atoms with Crippen LogP contribution in [0.2, 0.25) is 0 Å². The molecule has 1 atom stereocenters. The van der Waals surface area contributed by atoms with E-state index in [4.69, 9.17) is 0 Å². The highest BCUT2D eigenvalue weighted by atomic mass is 127. The van der Waals surface area contributed by atoms with Crippen molar-refractivity contribution in [2.24, 2.45) is 0 Å². The molecular weight excluding hydrogens is 616 g/mol. The maximum atomic E-state index is 13.2. The van der Waals surface area contributed by atoms with Gasteiger partial charge in [0.25, 0.3) is 10.0 Å². The van der Waals surface area contributed by atoms with E-state index in [0.717, 1.165) is 22.9 Å². The molecule has 24 heavy (non-hydrogen) atoms. The minimum atomic E-state index is -3.59. The monoisotopic (exact) mass is 629 g/mol. The van der Waals surface area contributed by atoms with E-state index in [1.54, 1.807) is 16.4 Å². The normalized spacial score (nSPS) is 18.3. The van der Waals surface area contributed by atoms with Gasteiger partial charge in [0.15, 0.2) is 0 Å². The van der Waals surface area contributed by atoms with Gasteiger partial charge in [0.2, 0.25) is 0 Å². The first-order valence-corrected chi connectivity index (χ1v) is 11.6. The molecule has 1 heterocycles. The lowest BCUT2D eigenvalue weighted by Gasteiger charge is -2.27. The standard InChI is InChI=1S/C17H14BrI2NO2S/c1-11-2-8-14(9-3-11)24(22,23)21-16(10-15(19)17(21)20)12-4-6-13(18)7-5-12/h2-9,16H,10H2,1H3. The lowest BCUT2D eigenvalue weighted by Crippen LogP contribution is -2.29. The zero-order valence-corrected chi connectivity index (χ0v) is 19.4. The van der Waals surface area contributed by atoms with E-state index in [9.17, 15) is 8.42 Å². The van der Waals surface area contributed by atoms with Gasteiger partial charge in [-0.25, -0.2) is 8.42 Å². The summed E-state index contributed by atoms with van der Waals surface area (Å²) in [6.07, 6.45) is 0.700. The number of rotatable bonds is 3. The molecule has 2 aromatic carbocycles. The lowest BCUT2D eigenvalue weighted by atomic mass is 10.1.